The number of hydrogen-bond acceptors (Lipinski definition) is 3. The van der Waals surface area contributed by atoms with Crippen LogP contribution >= 0.6 is 0 Å². The van der Waals surface area contributed by atoms with Crippen LogP contribution in [0.2, 0.25) is 0 Å². The van der Waals surface area contributed by atoms with Crippen LogP contribution in [0, 0.1) is 20.8 Å². The van der Waals surface area contributed by atoms with E-state index in [2.05, 4.69) is 35.5 Å². The zero-order chi connectivity index (χ0) is 19.4. The Balaban J connectivity index is 1.60. The third-order valence-corrected chi connectivity index (χ3v) is 5.74. The highest BCUT2D eigenvalue weighted by Crippen LogP contribution is 2.33. The van der Waals surface area contributed by atoms with Crippen LogP contribution in [0.4, 0.5) is 4.79 Å². The molecule has 1 N–H and O–H groups in total. The monoisotopic (exact) mass is 370 g/mol. The van der Waals surface area contributed by atoms with E-state index < -0.39 is 0 Å². The highest BCUT2D eigenvalue weighted by Gasteiger charge is 2.26. The van der Waals surface area contributed by atoms with E-state index in [4.69, 9.17) is 4.98 Å². The fraction of sp³-hybridized carbons (Fsp3) is 0.261. The van der Waals surface area contributed by atoms with Gasteiger partial charge in [-0.3, -0.25) is 4.98 Å². The van der Waals surface area contributed by atoms with E-state index in [9.17, 15) is 4.79 Å². The van der Waals surface area contributed by atoms with E-state index in [0.29, 0.717) is 0 Å². The van der Waals surface area contributed by atoms with Crippen LogP contribution in [-0.2, 0) is 6.42 Å². The van der Waals surface area contributed by atoms with Crippen LogP contribution in [0.5, 0.6) is 0 Å². The Bertz CT molecular complexity index is 1250. The van der Waals surface area contributed by atoms with Crippen molar-refractivity contribution in [2.24, 2.45) is 0 Å². The predicted molar refractivity (Wildman–Crippen MR) is 111 cm³/mol. The summed E-state index contributed by atoms with van der Waals surface area (Å²) in [5.41, 5.74) is 7.24. The van der Waals surface area contributed by atoms with Gasteiger partial charge in [0.25, 0.3) is 0 Å². The number of rotatable bonds is 1. The molecular formula is C23H22N4O. The minimum Gasteiger partial charge on any atom is -0.329 e. The Kier molecular flexibility index (Phi) is 3.72. The summed E-state index contributed by atoms with van der Waals surface area (Å²) in [5.74, 6) is 0. The van der Waals surface area contributed by atoms with Crippen LogP contribution < -0.4 is 5.32 Å². The summed E-state index contributed by atoms with van der Waals surface area (Å²) in [7, 11) is 0. The van der Waals surface area contributed by atoms with E-state index >= 15 is 0 Å². The second-order valence-electron chi connectivity index (χ2n) is 7.68. The first-order valence-corrected chi connectivity index (χ1v) is 9.68. The molecule has 0 spiro atoms. The lowest BCUT2D eigenvalue weighted by atomic mass is 10.1. The molecule has 5 heteroatoms. The molecule has 1 aliphatic rings. The van der Waals surface area contributed by atoms with Gasteiger partial charge in [0.2, 0.25) is 0 Å². The van der Waals surface area contributed by atoms with Gasteiger partial charge in [-0.1, -0.05) is 42.0 Å². The van der Waals surface area contributed by atoms with Crippen LogP contribution in [0.25, 0.3) is 21.8 Å². The van der Waals surface area contributed by atoms with E-state index in [1.807, 2.05) is 38.1 Å². The van der Waals surface area contributed by atoms with Gasteiger partial charge in [-0.2, -0.15) is 9.78 Å². The number of aromatic nitrogens is 3. The van der Waals surface area contributed by atoms with Crippen molar-refractivity contribution in [3.05, 3.63) is 70.5 Å². The van der Waals surface area contributed by atoms with Gasteiger partial charge in [-0.25, -0.2) is 4.79 Å². The maximum Gasteiger partial charge on any atom is 0.343 e. The number of pyridine rings is 1. The van der Waals surface area contributed by atoms with Gasteiger partial charge in [-0.15, -0.1) is 0 Å². The second kappa shape index (κ2) is 6.16. The van der Waals surface area contributed by atoms with Crippen molar-refractivity contribution in [3.8, 4) is 0 Å². The highest BCUT2D eigenvalue weighted by atomic mass is 16.2. The Labute approximate surface area is 163 Å². The van der Waals surface area contributed by atoms with E-state index in [-0.39, 0.29) is 12.1 Å². The van der Waals surface area contributed by atoms with Crippen LogP contribution in [-0.4, -0.2) is 20.8 Å². The lowest BCUT2D eigenvalue weighted by molar-refractivity contribution is 0.236. The molecule has 1 atom stereocenters. The van der Waals surface area contributed by atoms with Crippen molar-refractivity contribution in [3.63, 3.8) is 0 Å². The summed E-state index contributed by atoms with van der Waals surface area (Å²) in [4.78, 5) is 17.9. The number of benzene rings is 2. The predicted octanol–water partition coefficient (Wildman–Crippen LogP) is 4.75. The maximum absolute atomic E-state index is 13.2. The summed E-state index contributed by atoms with van der Waals surface area (Å²) in [6.07, 6.45) is 1.91. The zero-order valence-corrected chi connectivity index (χ0v) is 16.3. The lowest BCUT2D eigenvalue weighted by Crippen LogP contribution is -2.32. The summed E-state index contributed by atoms with van der Waals surface area (Å²) in [5, 5.41) is 9.68. The van der Waals surface area contributed by atoms with Crippen molar-refractivity contribution < 1.29 is 4.79 Å². The number of fused-ring (bicyclic) bond motifs is 4. The SMILES string of the molecule is Cc1ccc2c(c1)CC[C@H]2NC(=O)n1nc(C)c2c(C)nc3ccccc3c21. The number of amides is 1. The first-order chi connectivity index (χ1) is 13.5. The van der Waals surface area contributed by atoms with Gasteiger partial charge >= 0.3 is 6.03 Å². The minimum atomic E-state index is -0.188. The first kappa shape index (κ1) is 16.9. The third-order valence-electron chi connectivity index (χ3n) is 5.74. The first-order valence-electron chi connectivity index (χ1n) is 9.68. The fourth-order valence-corrected chi connectivity index (χ4v) is 4.47. The van der Waals surface area contributed by atoms with Crippen molar-refractivity contribution >= 4 is 27.8 Å². The number of aryl methyl sites for hydroxylation is 4. The third kappa shape index (κ3) is 2.50. The highest BCUT2D eigenvalue weighted by molar-refractivity contribution is 6.08. The standard InChI is InChI=1S/C23H22N4O/c1-13-8-10-17-16(12-13)9-11-20(17)25-23(28)27-22-18-6-4-5-7-19(18)24-14(2)21(22)15(3)26-27/h4-8,10,12,20H,9,11H2,1-3H3,(H,25,28)/t20-/m1/s1. The molecule has 1 amide bonds. The molecule has 4 aromatic rings. The molecule has 140 valence electrons. The number of nitrogens with one attached hydrogen (secondary N) is 1. The van der Waals surface area contributed by atoms with E-state index in [0.717, 1.165) is 46.0 Å². The quantitative estimate of drug-likeness (QED) is 0.526. The summed E-state index contributed by atoms with van der Waals surface area (Å²) in [6.45, 7) is 6.01. The molecule has 28 heavy (non-hydrogen) atoms. The summed E-state index contributed by atoms with van der Waals surface area (Å²) >= 11 is 0. The molecule has 5 nitrogen and oxygen atoms in total. The lowest BCUT2D eigenvalue weighted by Gasteiger charge is -2.15. The normalized spacial score (nSPS) is 15.9. The fourth-order valence-electron chi connectivity index (χ4n) is 4.47. The number of carbonyl (C=O) groups is 1. The van der Waals surface area contributed by atoms with Gasteiger partial charge in [0, 0.05) is 16.5 Å². The molecule has 5 rings (SSSR count). The number of hydrogen-bond donors (Lipinski definition) is 1. The van der Waals surface area contributed by atoms with Gasteiger partial charge in [0.05, 0.1) is 22.8 Å². The average Bonchev–Trinajstić information content (AvgIpc) is 3.23. The molecular weight excluding hydrogens is 348 g/mol. The molecule has 2 aromatic carbocycles. The Morgan fingerprint density at radius 1 is 1.11 bits per heavy atom. The molecule has 0 saturated heterocycles. The zero-order valence-electron chi connectivity index (χ0n) is 16.3. The second-order valence-corrected chi connectivity index (χ2v) is 7.68. The number of para-hydroxylation sites is 1. The molecule has 0 unspecified atom stereocenters. The molecule has 0 bridgehead atoms. The number of nitrogens with zero attached hydrogens (tertiary/aromatic N) is 3. The Hall–Kier alpha value is -3.21. The van der Waals surface area contributed by atoms with Crippen molar-refractivity contribution in [2.75, 3.05) is 0 Å². The van der Waals surface area contributed by atoms with Crippen LogP contribution in [0.3, 0.4) is 0 Å². The van der Waals surface area contributed by atoms with Crippen molar-refractivity contribution in [2.45, 2.75) is 39.7 Å². The summed E-state index contributed by atoms with van der Waals surface area (Å²) < 4.78 is 1.52. The largest absolute Gasteiger partial charge is 0.343 e. The molecule has 0 saturated carbocycles. The molecule has 1 aliphatic carbocycles. The molecule has 0 fully saturated rings. The van der Waals surface area contributed by atoms with Crippen molar-refractivity contribution in [1.29, 1.82) is 0 Å². The summed E-state index contributed by atoms with van der Waals surface area (Å²) in [6, 6.07) is 14.2. The van der Waals surface area contributed by atoms with Gasteiger partial charge in [0.15, 0.2) is 0 Å². The Morgan fingerprint density at radius 2 is 1.93 bits per heavy atom. The smallest absolute Gasteiger partial charge is 0.329 e. The topological polar surface area (TPSA) is 59.8 Å². The number of carbonyl (C=O) groups excluding carboxylic acids is 1. The van der Waals surface area contributed by atoms with Gasteiger partial charge in [-0.05, 0) is 50.8 Å². The Morgan fingerprint density at radius 3 is 2.79 bits per heavy atom. The van der Waals surface area contributed by atoms with Crippen molar-refractivity contribution in [1.82, 2.24) is 20.1 Å². The molecule has 0 aliphatic heterocycles. The minimum absolute atomic E-state index is 0.0249. The maximum atomic E-state index is 13.2. The van der Waals surface area contributed by atoms with Crippen LogP contribution in [0.15, 0.2) is 42.5 Å². The molecule has 2 heterocycles. The van der Waals surface area contributed by atoms with Crippen LogP contribution in [0.1, 0.15) is 40.5 Å². The molecule has 2 aromatic heterocycles. The average molecular weight is 370 g/mol. The van der Waals surface area contributed by atoms with E-state index in [1.54, 1.807) is 0 Å². The molecule has 0 radical (unpaired) electrons. The van der Waals surface area contributed by atoms with Gasteiger partial charge in [0.1, 0.15) is 0 Å². The van der Waals surface area contributed by atoms with E-state index in [1.165, 1.54) is 21.4 Å². The van der Waals surface area contributed by atoms with Gasteiger partial charge < -0.3 is 5.32 Å².